The number of hydrogen-bond acceptors (Lipinski definition) is 4. The number of carbonyl (C=O) groups excluding carboxylic acids is 1. The average molecular weight is 189 g/mol. The lowest BCUT2D eigenvalue weighted by molar-refractivity contribution is -0.150. The summed E-state index contributed by atoms with van der Waals surface area (Å²) in [6.07, 6.45) is 0.261. The van der Waals surface area contributed by atoms with Crippen LogP contribution in [0.15, 0.2) is 0 Å². The molecule has 0 heterocycles. The third-order valence-corrected chi connectivity index (χ3v) is 1.47. The predicted molar refractivity (Wildman–Crippen MR) is 50.6 cm³/mol. The summed E-state index contributed by atoms with van der Waals surface area (Å²) in [5.41, 5.74) is 0. The summed E-state index contributed by atoms with van der Waals surface area (Å²) in [5.74, 6) is -0.179. The summed E-state index contributed by atoms with van der Waals surface area (Å²) >= 11 is 0. The van der Waals surface area contributed by atoms with Crippen LogP contribution in [0.2, 0.25) is 0 Å². The molecule has 4 heteroatoms. The van der Waals surface area contributed by atoms with Gasteiger partial charge in [-0.05, 0) is 20.9 Å². The normalized spacial score (nSPS) is 12.5. The van der Waals surface area contributed by atoms with Gasteiger partial charge in [0, 0.05) is 13.2 Å². The molecule has 0 fully saturated rings. The van der Waals surface area contributed by atoms with E-state index < -0.39 is 0 Å². The van der Waals surface area contributed by atoms with Crippen LogP contribution in [0.4, 0.5) is 0 Å². The summed E-state index contributed by atoms with van der Waals surface area (Å²) in [6, 6.07) is 0. The lowest BCUT2D eigenvalue weighted by Crippen LogP contribution is -2.22. The van der Waals surface area contributed by atoms with E-state index in [1.165, 1.54) is 0 Å². The second-order valence-electron chi connectivity index (χ2n) is 2.81. The van der Waals surface area contributed by atoms with Crippen LogP contribution in [0.3, 0.4) is 0 Å². The van der Waals surface area contributed by atoms with Crippen molar-refractivity contribution >= 4 is 5.97 Å². The van der Waals surface area contributed by atoms with E-state index in [1.807, 2.05) is 13.8 Å². The van der Waals surface area contributed by atoms with Gasteiger partial charge in [0.1, 0.15) is 6.10 Å². The lowest BCUT2D eigenvalue weighted by Gasteiger charge is -2.12. The Morgan fingerprint density at radius 1 is 1.54 bits per heavy atom. The number of rotatable bonds is 7. The van der Waals surface area contributed by atoms with Gasteiger partial charge in [-0.1, -0.05) is 0 Å². The third-order valence-electron chi connectivity index (χ3n) is 1.47. The van der Waals surface area contributed by atoms with E-state index in [0.29, 0.717) is 26.2 Å². The van der Waals surface area contributed by atoms with Gasteiger partial charge in [0.2, 0.25) is 0 Å². The van der Waals surface area contributed by atoms with E-state index in [-0.39, 0.29) is 12.1 Å². The molecule has 0 aromatic rings. The molecule has 0 aliphatic heterocycles. The minimum atomic E-state index is -0.179. The summed E-state index contributed by atoms with van der Waals surface area (Å²) < 4.78 is 10.2. The molecule has 0 aliphatic carbocycles. The molecular formula is C9H19NO3. The molecule has 0 rings (SSSR count). The fourth-order valence-corrected chi connectivity index (χ4v) is 0.828. The van der Waals surface area contributed by atoms with E-state index in [1.54, 1.807) is 7.05 Å². The SMILES string of the molecule is CCOCC(C)OC(=O)CCNC. The van der Waals surface area contributed by atoms with Gasteiger partial charge in [0.05, 0.1) is 13.0 Å². The van der Waals surface area contributed by atoms with Crippen molar-refractivity contribution in [3.8, 4) is 0 Å². The summed E-state index contributed by atoms with van der Waals surface area (Å²) in [7, 11) is 1.80. The van der Waals surface area contributed by atoms with Gasteiger partial charge >= 0.3 is 5.97 Å². The third kappa shape index (κ3) is 7.74. The predicted octanol–water partition coefficient (Wildman–Crippen LogP) is 0.564. The standard InChI is InChI=1S/C9H19NO3/c1-4-12-7-8(2)13-9(11)5-6-10-3/h8,10H,4-7H2,1-3H3. The molecule has 0 radical (unpaired) electrons. The molecule has 0 aromatic carbocycles. The highest BCUT2D eigenvalue weighted by Gasteiger charge is 2.08. The Hall–Kier alpha value is -0.610. The second-order valence-corrected chi connectivity index (χ2v) is 2.81. The number of carbonyl (C=O) groups is 1. The number of esters is 1. The number of nitrogens with one attached hydrogen (secondary N) is 1. The highest BCUT2D eigenvalue weighted by molar-refractivity contribution is 5.69. The molecule has 0 saturated carbocycles. The Labute approximate surface area is 79.6 Å². The highest BCUT2D eigenvalue weighted by Crippen LogP contribution is 1.95. The van der Waals surface area contributed by atoms with Gasteiger partial charge in [-0.2, -0.15) is 0 Å². The molecule has 13 heavy (non-hydrogen) atoms. The molecule has 0 bridgehead atoms. The minimum Gasteiger partial charge on any atom is -0.460 e. The van der Waals surface area contributed by atoms with E-state index >= 15 is 0 Å². The Kier molecular flexibility index (Phi) is 7.63. The fourth-order valence-electron chi connectivity index (χ4n) is 0.828. The number of hydrogen-bond donors (Lipinski definition) is 1. The molecule has 4 nitrogen and oxygen atoms in total. The zero-order valence-corrected chi connectivity index (χ0v) is 8.63. The molecule has 0 spiro atoms. The maximum absolute atomic E-state index is 11.1. The average Bonchev–Trinajstić information content (AvgIpc) is 2.11. The number of ether oxygens (including phenoxy) is 2. The van der Waals surface area contributed by atoms with Crippen LogP contribution in [0, 0.1) is 0 Å². The molecule has 0 saturated heterocycles. The fraction of sp³-hybridized carbons (Fsp3) is 0.889. The van der Waals surface area contributed by atoms with Crippen molar-refractivity contribution in [1.82, 2.24) is 5.32 Å². The van der Waals surface area contributed by atoms with Crippen molar-refractivity contribution in [2.75, 3.05) is 26.8 Å². The van der Waals surface area contributed by atoms with Crippen LogP contribution < -0.4 is 5.32 Å². The first-order valence-electron chi connectivity index (χ1n) is 4.62. The van der Waals surface area contributed by atoms with E-state index in [2.05, 4.69) is 5.32 Å². The van der Waals surface area contributed by atoms with Crippen molar-refractivity contribution in [2.24, 2.45) is 0 Å². The van der Waals surface area contributed by atoms with Gasteiger partial charge in [0.15, 0.2) is 0 Å². The maximum atomic E-state index is 11.1. The molecule has 78 valence electrons. The first-order chi connectivity index (χ1) is 6.20. The van der Waals surface area contributed by atoms with E-state index in [0.717, 1.165) is 0 Å². The molecular weight excluding hydrogens is 170 g/mol. The molecule has 1 unspecified atom stereocenters. The minimum absolute atomic E-state index is 0.149. The van der Waals surface area contributed by atoms with Crippen molar-refractivity contribution in [3.63, 3.8) is 0 Å². The van der Waals surface area contributed by atoms with Crippen LogP contribution in [0.1, 0.15) is 20.3 Å². The Morgan fingerprint density at radius 2 is 2.23 bits per heavy atom. The van der Waals surface area contributed by atoms with Crippen LogP contribution in [0.5, 0.6) is 0 Å². The van der Waals surface area contributed by atoms with Gasteiger partial charge < -0.3 is 14.8 Å². The van der Waals surface area contributed by atoms with Gasteiger partial charge in [-0.15, -0.1) is 0 Å². The summed E-state index contributed by atoms with van der Waals surface area (Å²) in [5, 5.41) is 2.88. The first-order valence-corrected chi connectivity index (χ1v) is 4.62. The maximum Gasteiger partial charge on any atom is 0.307 e. The monoisotopic (exact) mass is 189 g/mol. The lowest BCUT2D eigenvalue weighted by atomic mass is 10.4. The summed E-state index contributed by atoms with van der Waals surface area (Å²) in [6.45, 7) is 5.52. The van der Waals surface area contributed by atoms with Crippen molar-refractivity contribution in [1.29, 1.82) is 0 Å². The van der Waals surface area contributed by atoms with Gasteiger partial charge in [-0.25, -0.2) is 0 Å². The van der Waals surface area contributed by atoms with E-state index in [4.69, 9.17) is 9.47 Å². The van der Waals surface area contributed by atoms with Crippen molar-refractivity contribution < 1.29 is 14.3 Å². The Morgan fingerprint density at radius 3 is 2.77 bits per heavy atom. The van der Waals surface area contributed by atoms with Crippen LogP contribution >= 0.6 is 0 Å². The van der Waals surface area contributed by atoms with Crippen molar-refractivity contribution in [2.45, 2.75) is 26.4 Å². The first kappa shape index (κ1) is 12.4. The van der Waals surface area contributed by atoms with Gasteiger partial charge in [-0.3, -0.25) is 4.79 Å². The topological polar surface area (TPSA) is 47.6 Å². The summed E-state index contributed by atoms with van der Waals surface area (Å²) in [4.78, 5) is 11.1. The Balaban J connectivity index is 3.41. The molecule has 0 aliphatic rings. The largest absolute Gasteiger partial charge is 0.460 e. The molecule has 0 aromatic heterocycles. The zero-order chi connectivity index (χ0) is 10.1. The Bertz CT molecular complexity index is 139. The van der Waals surface area contributed by atoms with Gasteiger partial charge in [0.25, 0.3) is 0 Å². The molecule has 0 amide bonds. The van der Waals surface area contributed by atoms with E-state index in [9.17, 15) is 4.79 Å². The quantitative estimate of drug-likeness (QED) is 0.595. The highest BCUT2D eigenvalue weighted by atomic mass is 16.6. The molecule has 1 atom stereocenters. The van der Waals surface area contributed by atoms with Crippen LogP contribution in [-0.2, 0) is 14.3 Å². The zero-order valence-electron chi connectivity index (χ0n) is 8.63. The van der Waals surface area contributed by atoms with Crippen LogP contribution in [-0.4, -0.2) is 38.9 Å². The molecule has 1 N–H and O–H groups in total. The smallest absolute Gasteiger partial charge is 0.307 e. The van der Waals surface area contributed by atoms with Crippen molar-refractivity contribution in [3.05, 3.63) is 0 Å². The van der Waals surface area contributed by atoms with Crippen LogP contribution in [0.25, 0.3) is 0 Å². The second kappa shape index (κ2) is 8.01.